The van der Waals surface area contributed by atoms with Gasteiger partial charge in [0.05, 0.1) is 10.5 Å². The zero-order valence-electron chi connectivity index (χ0n) is 10.9. The van der Waals surface area contributed by atoms with E-state index >= 15 is 0 Å². The third kappa shape index (κ3) is 3.40. The van der Waals surface area contributed by atoms with E-state index in [1.54, 1.807) is 13.8 Å². The first-order chi connectivity index (χ1) is 9.23. The van der Waals surface area contributed by atoms with Gasteiger partial charge < -0.3 is 15.7 Å². The molecule has 1 rings (SSSR count). The highest BCUT2D eigenvalue weighted by Gasteiger charge is 2.23. The smallest absolute Gasteiger partial charge is 0.323 e. The first kappa shape index (κ1) is 15.3. The third-order valence-corrected chi connectivity index (χ3v) is 2.53. The van der Waals surface area contributed by atoms with E-state index < -0.39 is 23.3 Å². The van der Waals surface area contributed by atoms with E-state index in [0.717, 1.165) is 12.3 Å². The molecule has 1 aromatic heterocycles. The molecular formula is C11H14N4O5. The van der Waals surface area contributed by atoms with Gasteiger partial charge in [-0.05, 0) is 13.8 Å². The van der Waals surface area contributed by atoms with Crippen LogP contribution in [0.3, 0.4) is 0 Å². The number of hydrogen-bond donors (Lipinski definition) is 2. The van der Waals surface area contributed by atoms with Crippen LogP contribution in [0.4, 0.5) is 11.5 Å². The molecule has 1 aromatic rings. The molecule has 0 radical (unpaired) electrons. The van der Waals surface area contributed by atoms with Gasteiger partial charge >= 0.3 is 5.97 Å². The summed E-state index contributed by atoms with van der Waals surface area (Å²) in [6, 6.07) is 0.709. The summed E-state index contributed by atoms with van der Waals surface area (Å²) < 4.78 is 0. The van der Waals surface area contributed by atoms with Crippen LogP contribution < -0.4 is 10.6 Å². The number of pyridine rings is 1. The lowest BCUT2D eigenvalue weighted by molar-refractivity contribution is -0.385. The van der Waals surface area contributed by atoms with Crippen LogP contribution in [0.1, 0.15) is 24.2 Å². The lowest BCUT2D eigenvalue weighted by Gasteiger charge is -2.27. The molecule has 0 spiro atoms. The zero-order chi connectivity index (χ0) is 15.4. The van der Waals surface area contributed by atoms with Crippen LogP contribution in [0.2, 0.25) is 0 Å². The van der Waals surface area contributed by atoms with E-state index in [9.17, 15) is 19.7 Å². The van der Waals surface area contributed by atoms with Crippen molar-refractivity contribution in [3.63, 3.8) is 0 Å². The van der Waals surface area contributed by atoms with Crippen molar-refractivity contribution in [3.8, 4) is 0 Å². The molecule has 3 N–H and O–H groups in total. The van der Waals surface area contributed by atoms with Crippen molar-refractivity contribution in [3.05, 3.63) is 27.9 Å². The van der Waals surface area contributed by atoms with Gasteiger partial charge in [0.15, 0.2) is 0 Å². The Kier molecular flexibility index (Phi) is 4.57. The van der Waals surface area contributed by atoms with Gasteiger partial charge in [-0.1, -0.05) is 0 Å². The minimum atomic E-state index is -1.12. The van der Waals surface area contributed by atoms with Crippen molar-refractivity contribution < 1.29 is 19.6 Å². The van der Waals surface area contributed by atoms with Crippen LogP contribution in [0, 0.1) is 10.1 Å². The van der Waals surface area contributed by atoms with Gasteiger partial charge in [-0.15, -0.1) is 0 Å². The molecule has 0 bridgehead atoms. The summed E-state index contributed by atoms with van der Waals surface area (Å²) in [5, 5.41) is 19.5. The first-order valence-electron chi connectivity index (χ1n) is 5.66. The van der Waals surface area contributed by atoms with E-state index in [0.29, 0.717) is 0 Å². The number of primary amides is 1. The molecule has 108 valence electrons. The molecule has 9 nitrogen and oxygen atoms in total. The number of carboxylic acids is 1. The summed E-state index contributed by atoms with van der Waals surface area (Å²) in [6.45, 7) is 3.01. The fraction of sp³-hybridized carbons (Fsp3) is 0.364. The summed E-state index contributed by atoms with van der Waals surface area (Å²) in [6.07, 6.45) is 0.957. The molecule has 0 aliphatic carbocycles. The number of rotatable bonds is 6. The maximum Gasteiger partial charge on any atom is 0.323 e. The number of carbonyl (C=O) groups excluding carboxylic acids is 1. The first-order valence-corrected chi connectivity index (χ1v) is 5.66. The highest BCUT2D eigenvalue weighted by Crippen LogP contribution is 2.23. The van der Waals surface area contributed by atoms with Crippen molar-refractivity contribution >= 4 is 23.4 Å². The molecule has 0 unspecified atom stereocenters. The molecule has 0 fully saturated rings. The van der Waals surface area contributed by atoms with Gasteiger partial charge in [-0.2, -0.15) is 0 Å². The molecule has 1 heterocycles. The Morgan fingerprint density at radius 1 is 1.55 bits per heavy atom. The van der Waals surface area contributed by atoms with Crippen molar-refractivity contribution in [2.24, 2.45) is 5.73 Å². The van der Waals surface area contributed by atoms with E-state index in [1.807, 2.05) is 0 Å². The second-order valence-corrected chi connectivity index (χ2v) is 4.30. The zero-order valence-corrected chi connectivity index (χ0v) is 10.9. The quantitative estimate of drug-likeness (QED) is 0.568. The highest BCUT2D eigenvalue weighted by atomic mass is 16.6. The van der Waals surface area contributed by atoms with Crippen LogP contribution in [-0.4, -0.2) is 39.5 Å². The lowest BCUT2D eigenvalue weighted by Crippen LogP contribution is -2.37. The maximum atomic E-state index is 11.4. The number of carboxylic acid groups (broad SMARTS) is 1. The Bertz CT molecular complexity index is 558. The number of anilines is 1. The molecule has 0 saturated heterocycles. The molecule has 0 aliphatic rings. The van der Waals surface area contributed by atoms with E-state index in [2.05, 4.69) is 4.98 Å². The van der Waals surface area contributed by atoms with Crippen molar-refractivity contribution in [1.82, 2.24) is 4.98 Å². The number of carbonyl (C=O) groups is 2. The van der Waals surface area contributed by atoms with Gasteiger partial charge in [0, 0.05) is 12.1 Å². The highest BCUT2D eigenvalue weighted by molar-refractivity contribution is 5.98. The summed E-state index contributed by atoms with van der Waals surface area (Å²) in [5.74, 6) is -2.01. The van der Waals surface area contributed by atoms with Crippen LogP contribution in [-0.2, 0) is 4.79 Å². The topological polar surface area (TPSA) is 140 Å². The second-order valence-electron chi connectivity index (χ2n) is 4.30. The summed E-state index contributed by atoms with van der Waals surface area (Å²) in [5.41, 5.74) is 4.60. The summed E-state index contributed by atoms with van der Waals surface area (Å²) in [7, 11) is 0. The number of aliphatic carboxylic acids is 1. The van der Waals surface area contributed by atoms with Crippen LogP contribution in [0.25, 0.3) is 0 Å². The molecule has 9 heteroatoms. The average Bonchev–Trinajstić information content (AvgIpc) is 2.34. The third-order valence-electron chi connectivity index (χ3n) is 2.53. The van der Waals surface area contributed by atoms with Crippen molar-refractivity contribution in [2.45, 2.75) is 19.9 Å². The van der Waals surface area contributed by atoms with E-state index in [4.69, 9.17) is 10.8 Å². The predicted molar refractivity (Wildman–Crippen MR) is 69.5 cm³/mol. The fourth-order valence-electron chi connectivity index (χ4n) is 1.60. The standard InChI is InChI=1S/C11H14N4O5/c1-6(2)14(5-9(16)17)11-8(10(12)18)3-7(4-13-11)15(19)20/h3-4,6H,5H2,1-2H3,(H2,12,18)(H,16,17). The SMILES string of the molecule is CC(C)N(CC(=O)O)c1ncc([N+](=O)[O-])cc1C(N)=O. The number of nitro groups is 1. The molecule has 1 amide bonds. The largest absolute Gasteiger partial charge is 0.480 e. The van der Waals surface area contributed by atoms with Crippen molar-refractivity contribution in [1.29, 1.82) is 0 Å². The Balaban J connectivity index is 3.37. The Labute approximate surface area is 114 Å². The Morgan fingerprint density at radius 2 is 2.15 bits per heavy atom. The van der Waals surface area contributed by atoms with Gasteiger partial charge in [0.2, 0.25) is 0 Å². The summed E-state index contributed by atoms with van der Waals surface area (Å²) in [4.78, 5) is 37.4. The van der Waals surface area contributed by atoms with Gasteiger partial charge in [0.1, 0.15) is 18.6 Å². The van der Waals surface area contributed by atoms with Gasteiger partial charge in [-0.3, -0.25) is 19.7 Å². The maximum absolute atomic E-state index is 11.4. The number of nitrogens with two attached hydrogens (primary N) is 1. The second kappa shape index (κ2) is 5.95. The number of hydrogen-bond acceptors (Lipinski definition) is 6. The van der Waals surface area contributed by atoms with Crippen LogP contribution in [0.15, 0.2) is 12.3 Å². The van der Waals surface area contributed by atoms with Gasteiger partial charge in [-0.25, -0.2) is 4.98 Å². The van der Waals surface area contributed by atoms with Crippen LogP contribution >= 0.6 is 0 Å². The summed E-state index contributed by atoms with van der Waals surface area (Å²) >= 11 is 0. The lowest BCUT2D eigenvalue weighted by atomic mass is 10.2. The molecule has 0 aliphatic heterocycles. The van der Waals surface area contributed by atoms with Gasteiger partial charge in [0.25, 0.3) is 11.6 Å². The number of amides is 1. The Morgan fingerprint density at radius 3 is 2.55 bits per heavy atom. The average molecular weight is 282 g/mol. The minimum Gasteiger partial charge on any atom is -0.480 e. The molecular weight excluding hydrogens is 268 g/mol. The predicted octanol–water partition coefficient (Wildman–Crippen LogP) is 0.388. The van der Waals surface area contributed by atoms with Crippen LogP contribution in [0.5, 0.6) is 0 Å². The molecule has 0 saturated carbocycles. The fourth-order valence-corrected chi connectivity index (χ4v) is 1.60. The minimum absolute atomic E-state index is 0.0144. The Hall–Kier alpha value is -2.71. The molecule has 0 atom stereocenters. The van der Waals surface area contributed by atoms with Crippen molar-refractivity contribution in [2.75, 3.05) is 11.4 Å². The number of nitrogens with zero attached hydrogens (tertiary/aromatic N) is 3. The molecule has 0 aromatic carbocycles. The molecule has 20 heavy (non-hydrogen) atoms. The normalized spacial score (nSPS) is 10.3. The van der Waals surface area contributed by atoms with E-state index in [-0.39, 0.29) is 23.1 Å². The monoisotopic (exact) mass is 282 g/mol. The number of aromatic nitrogens is 1. The van der Waals surface area contributed by atoms with E-state index in [1.165, 1.54) is 4.90 Å².